The van der Waals surface area contributed by atoms with Crippen molar-refractivity contribution < 1.29 is 14.3 Å². The maximum absolute atomic E-state index is 13.6. The lowest BCUT2D eigenvalue weighted by Gasteiger charge is -2.18. The van der Waals surface area contributed by atoms with Gasteiger partial charge in [0, 0.05) is 5.02 Å². The molecule has 5 nitrogen and oxygen atoms in total. The summed E-state index contributed by atoms with van der Waals surface area (Å²) < 4.78 is 5.70. The third kappa shape index (κ3) is 3.99. The number of anilines is 2. The third-order valence-corrected chi connectivity index (χ3v) is 5.51. The standard InChI is InChI=1S/C26H23ClN2O3/c1-4-32-22-8-6-5-7-20(22)28-24-23(18-11-9-16(2)10-12-18)25(30)29(26(24)31)21-14-13-19(27)15-17(21)3/h5-15,28H,4H2,1-3H3. The fraction of sp³-hybridized carbons (Fsp3) is 0.154. The first kappa shape index (κ1) is 21.7. The molecule has 6 heteroatoms. The van der Waals surface area contributed by atoms with Crippen LogP contribution in [-0.4, -0.2) is 18.4 Å². The molecule has 0 saturated heterocycles. The minimum Gasteiger partial charge on any atom is -0.492 e. The lowest BCUT2D eigenvalue weighted by molar-refractivity contribution is -0.120. The summed E-state index contributed by atoms with van der Waals surface area (Å²) in [6, 6.07) is 20.0. The summed E-state index contributed by atoms with van der Waals surface area (Å²) in [7, 11) is 0. The van der Waals surface area contributed by atoms with Gasteiger partial charge in [0.1, 0.15) is 11.4 Å². The number of amides is 2. The Kier molecular flexibility index (Phi) is 6.01. The quantitative estimate of drug-likeness (QED) is 0.489. The first-order chi connectivity index (χ1) is 15.4. The molecule has 0 atom stereocenters. The van der Waals surface area contributed by atoms with Crippen molar-refractivity contribution >= 4 is 40.4 Å². The number of rotatable bonds is 6. The maximum atomic E-state index is 13.6. The molecule has 0 fully saturated rings. The molecule has 1 N–H and O–H groups in total. The van der Waals surface area contributed by atoms with Crippen LogP contribution in [0, 0.1) is 13.8 Å². The molecule has 3 aromatic rings. The molecular formula is C26H23ClN2O3. The summed E-state index contributed by atoms with van der Waals surface area (Å²) in [5.74, 6) is -0.213. The smallest absolute Gasteiger partial charge is 0.282 e. The van der Waals surface area contributed by atoms with Crippen LogP contribution in [0.2, 0.25) is 5.02 Å². The van der Waals surface area contributed by atoms with E-state index < -0.39 is 5.91 Å². The summed E-state index contributed by atoms with van der Waals surface area (Å²) in [6.07, 6.45) is 0. The number of nitrogens with zero attached hydrogens (tertiary/aromatic N) is 1. The highest BCUT2D eigenvalue weighted by atomic mass is 35.5. The van der Waals surface area contributed by atoms with Gasteiger partial charge >= 0.3 is 0 Å². The zero-order valence-corrected chi connectivity index (χ0v) is 18.9. The van der Waals surface area contributed by atoms with E-state index in [1.165, 1.54) is 4.90 Å². The molecule has 32 heavy (non-hydrogen) atoms. The van der Waals surface area contributed by atoms with Gasteiger partial charge in [-0.3, -0.25) is 9.59 Å². The second kappa shape index (κ2) is 8.89. The van der Waals surface area contributed by atoms with Gasteiger partial charge in [-0.15, -0.1) is 0 Å². The molecule has 2 amide bonds. The van der Waals surface area contributed by atoms with Gasteiger partial charge in [-0.05, 0) is 62.2 Å². The summed E-state index contributed by atoms with van der Waals surface area (Å²) in [6.45, 7) is 6.17. The Balaban J connectivity index is 1.84. The number of carbonyl (C=O) groups excluding carboxylic acids is 2. The van der Waals surface area contributed by atoms with Crippen molar-refractivity contribution in [3.63, 3.8) is 0 Å². The van der Waals surface area contributed by atoms with E-state index in [1.807, 2.05) is 69.3 Å². The number of para-hydroxylation sites is 2. The van der Waals surface area contributed by atoms with Gasteiger partial charge in [0.15, 0.2) is 0 Å². The molecule has 0 bridgehead atoms. The fourth-order valence-corrected chi connectivity index (χ4v) is 3.93. The van der Waals surface area contributed by atoms with Crippen molar-refractivity contribution in [1.29, 1.82) is 0 Å². The molecule has 0 radical (unpaired) electrons. The van der Waals surface area contributed by atoms with Crippen LogP contribution >= 0.6 is 11.6 Å². The van der Waals surface area contributed by atoms with Gasteiger partial charge in [0.25, 0.3) is 11.8 Å². The minimum absolute atomic E-state index is 0.209. The average molecular weight is 447 g/mol. The van der Waals surface area contributed by atoms with Crippen LogP contribution in [0.3, 0.4) is 0 Å². The molecule has 162 valence electrons. The van der Waals surface area contributed by atoms with E-state index in [1.54, 1.807) is 18.2 Å². The van der Waals surface area contributed by atoms with E-state index in [0.29, 0.717) is 39.9 Å². The number of ether oxygens (including phenoxy) is 1. The van der Waals surface area contributed by atoms with Crippen molar-refractivity contribution in [3.8, 4) is 5.75 Å². The highest BCUT2D eigenvalue weighted by molar-refractivity contribution is 6.46. The molecule has 0 aliphatic carbocycles. The average Bonchev–Trinajstić information content (AvgIpc) is 3.00. The number of nitrogens with one attached hydrogen (secondary N) is 1. The van der Waals surface area contributed by atoms with Crippen LogP contribution in [0.4, 0.5) is 11.4 Å². The van der Waals surface area contributed by atoms with Crippen LogP contribution < -0.4 is 15.0 Å². The second-order valence-corrected chi connectivity index (χ2v) is 7.98. The fourth-order valence-electron chi connectivity index (χ4n) is 3.71. The van der Waals surface area contributed by atoms with E-state index in [2.05, 4.69) is 5.32 Å². The molecule has 1 heterocycles. The molecule has 3 aromatic carbocycles. The minimum atomic E-state index is -0.428. The lowest BCUT2D eigenvalue weighted by Crippen LogP contribution is -2.33. The normalized spacial score (nSPS) is 13.7. The molecule has 0 aromatic heterocycles. The number of carbonyl (C=O) groups is 2. The molecule has 0 spiro atoms. The van der Waals surface area contributed by atoms with Crippen molar-refractivity contribution in [2.45, 2.75) is 20.8 Å². The van der Waals surface area contributed by atoms with Crippen molar-refractivity contribution in [1.82, 2.24) is 0 Å². The number of halogens is 1. The van der Waals surface area contributed by atoms with Crippen LogP contribution in [0.15, 0.2) is 72.4 Å². The Morgan fingerprint density at radius 1 is 0.938 bits per heavy atom. The first-order valence-corrected chi connectivity index (χ1v) is 10.7. The maximum Gasteiger partial charge on any atom is 0.282 e. The topological polar surface area (TPSA) is 58.6 Å². The highest BCUT2D eigenvalue weighted by Crippen LogP contribution is 2.37. The van der Waals surface area contributed by atoms with Crippen LogP contribution in [0.5, 0.6) is 5.75 Å². The third-order valence-electron chi connectivity index (χ3n) is 5.27. The zero-order chi connectivity index (χ0) is 22.8. The van der Waals surface area contributed by atoms with Gasteiger partial charge in [-0.2, -0.15) is 0 Å². The second-order valence-electron chi connectivity index (χ2n) is 7.55. The van der Waals surface area contributed by atoms with Gasteiger partial charge < -0.3 is 10.1 Å². The lowest BCUT2D eigenvalue weighted by atomic mass is 10.0. The summed E-state index contributed by atoms with van der Waals surface area (Å²) >= 11 is 6.09. The van der Waals surface area contributed by atoms with E-state index in [-0.39, 0.29) is 11.6 Å². The predicted molar refractivity (Wildman–Crippen MR) is 128 cm³/mol. The number of hydrogen-bond acceptors (Lipinski definition) is 4. The Labute approximate surface area is 192 Å². The summed E-state index contributed by atoms with van der Waals surface area (Å²) in [4.78, 5) is 28.4. The molecule has 1 aliphatic rings. The van der Waals surface area contributed by atoms with Gasteiger partial charge in [-0.1, -0.05) is 53.6 Å². The molecule has 0 saturated carbocycles. The van der Waals surface area contributed by atoms with Crippen LogP contribution in [-0.2, 0) is 9.59 Å². The molecular weight excluding hydrogens is 424 g/mol. The SMILES string of the molecule is CCOc1ccccc1NC1=C(c2ccc(C)cc2)C(=O)N(c2ccc(Cl)cc2C)C1=O. The number of imide groups is 1. The first-order valence-electron chi connectivity index (χ1n) is 10.4. The molecule has 1 aliphatic heterocycles. The Morgan fingerprint density at radius 2 is 1.66 bits per heavy atom. The van der Waals surface area contributed by atoms with Crippen molar-refractivity contribution in [3.05, 3.63) is 94.1 Å². The van der Waals surface area contributed by atoms with Gasteiger partial charge in [0.2, 0.25) is 0 Å². The Hall–Kier alpha value is -3.57. The number of benzene rings is 3. The van der Waals surface area contributed by atoms with E-state index >= 15 is 0 Å². The Bertz CT molecular complexity index is 1230. The predicted octanol–water partition coefficient (Wildman–Crippen LogP) is 5.75. The number of hydrogen-bond donors (Lipinski definition) is 1. The van der Waals surface area contributed by atoms with Gasteiger partial charge in [0.05, 0.1) is 23.6 Å². The summed E-state index contributed by atoms with van der Waals surface area (Å²) in [5, 5.41) is 3.73. The molecule has 4 rings (SSSR count). The van der Waals surface area contributed by atoms with Gasteiger partial charge in [-0.25, -0.2) is 4.90 Å². The van der Waals surface area contributed by atoms with E-state index in [0.717, 1.165) is 11.1 Å². The highest BCUT2D eigenvalue weighted by Gasteiger charge is 2.41. The van der Waals surface area contributed by atoms with Crippen LogP contribution in [0.25, 0.3) is 5.57 Å². The Morgan fingerprint density at radius 3 is 2.34 bits per heavy atom. The van der Waals surface area contributed by atoms with Crippen LogP contribution in [0.1, 0.15) is 23.6 Å². The summed E-state index contributed by atoms with van der Waals surface area (Å²) in [5.41, 5.74) is 4.11. The van der Waals surface area contributed by atoms with Crippen molar-refractivity contribution in [2.75, 3.05) is 16.8 Å². The van der Waals surface area contributed by atoms with E-state index in [9.17, 15) is 9.59 Å². The van der Waals surface area contributed by atoms with Crippen molar-refractivity contribution in [2.24, 2.45) is 0 Å². The monoisotopic (exact) mass is 446 g/mol. The zero-order valence-electron chi connectivity index (χ0n) is 18.1. The largest absolute Gasteiger partial charge is 0.492 e. The van der Waals surface area contributed by atoms with E-state index in [4.69, 9.17) is 16.3 Å². The number of aryl methyl sites for hydroxylation is 2. The molecule has 0 unspecified atom stereocenters.